The molecule has 3 nitrogen and oxygen atoms in total. The second-order valence-corrected chi connectivity index (χ2v) is 8.40. The highest BCUT2D eigenvalue weighted by molar-refractivity contribution is 5.96. The Hall–Kier alpha value is -2.94. The minimum absolute atomic E-state index is 0.0265. The van der Waals surface area contributed by atoms with E-state index in [1.165, 1.54) is 21.9 Å². The Bertz CT molecular complexity index is 1030. The van der Waals surface area contributed by atoms with Crippen molar-refractivity contribution in [2.24, 2.45) is 0 Å². The molecule has 3 rings (SSSR count). The minimum Gasteiger partial charge on any atom is -0.398 e. The lowest BCUT2D eigenvalue weighted by Gasteiger charge is -2.24. The van der Waals surface area contributed by atoms with Crippen LogP contribution in [-0.2, 0) is 11.8 Å². The number of benzene rings is 3. The summed E-state index contributed by atoms with van der Waals surface area (Å²) in [5, 5.41) is 9.33. The predicted molar refractivity (Wildman–Crippen MR) is 124 cm³/mol. The molecule has 4 N–H and O–H groups in total. The van der Waals surface area contributed by atoms with E-state index in [0.29, 0.717) is 0 Å². The van der Waals surface area contributed by atoms with Crippen LogP contribution in [0.3, 0.4) is 0 Å². The van der Waals surface area contributed by atoms with Crippen molar-refractivity contribution in [3.05, 3.63) is 77.6 Å². The highest BCUT2D eigenvalue weighted by Crippen LogP contribution is 2.33. The van der Waals surface area contributed by atoms with E-state index in [-0.39, 0.29) is 5.41 Å². The molecule has 0 aliphatic carbocycles. The minimum atomic E-state index is 0.0265. The molecule has 0 fully saturated rings. The van der Waals surface area contributed by atoms with Gasteiger partial charge >= 0.3 is 0 Å². The van der Waals surface area contributed by atoms with E-state index >= 15 is 0 Å². The predicted octanol–water partition coefficient (Wildman–Crippen LogP) is 6.59. The third kappa shape index (κ3) is 3.99. The summed E-state index contributed by atoms with van der Waals surface area (Å²) in [6.07, 6.45) is 0.860. The molecule has 0 saturated heterocycles. The summed E-state index contributed by atoms with van der Waals surface area (Å²) in [7, 11) is 0. The largest absolute Gasteiger partial charge is 0.398 e. The molecule has 3 heteroatoms. The number of aryl methyl sites for hydroxylation is 1. The van der Waals surface area contributed by atoms with Crippen LogP contribution in [0.4, 0.5) is 17.1 Å². The lowest BCUT2D eigenvalue weighted by molar-refractivity contribution is 0.590. The second kappa shape index (κ2) is 7.59. The monoisotopic (exact) mass is 373 g/mol. The fourth-order valence-electron chi connectivity index (χ4n) is 3.55. The molecule has 0 unspecified atom stereocenters. The molecule has 0 bridgehead atoms. The van der Waals surface area contributed by atoms with E-state index in [0.717, 1.165) is 34.9 Å². The first-order valence-corrected chi connectivity index (χ1v) is 9.85. The van der Waals surface area contributed by atoms with Crippen molar-refractivity contribution in [1.82, 2.24) is 0 Å². The summed E-state index contributed by atoms with van der Waals surface area (Å²) in [5.41, 5.74) is 12.8. The van der Waals surface area contributed by atoms with Crippen LogP contribution in [0.5, 0.6) is 0 Å². The van der Waals surface area contributed by atoms with E-state index in [1.807, 2.05) is 0 Å². The summed E-state index contributed by atoms with van der Waals surface area (Å²) in [5.74, 6) is 0.731. The van der Waals surface area contributed by atoms with Crippen LogP contribution in [0.2, 0.25) is 0 Å². The van der Waals surface area contributed by atoms with Crippen molar-refractivity contribution < 1.29 is 0 Å². The van der Waals surface area contributed by atoms with E-state index in [9.17, 15) is 0 Å². The Labute approximate surface area is 168 Å². The zero-order valence-electron chi connectivity index (χ0n) is 17.6. The molecule has 0 aliphatic rings. The number of fused-ring (bicyclic) bond motifs is 1. The van der Waals surface area contributed by atoms with Crippen LogP contribution >= 0.6 is 0 Å². The normalized spacial score (nSPS) is 11.5. The summed E-state index contributed by atoms with van der Waals surface area (Å²) < 4.78 is 0. The Morgan fingerprint density at radius 3 is 2.25 bits per heavy atom. The van der Waals surface area contributed by atoms with Gasteiger partial charge in [-0.05, 0) is 59.0 Å². The van der Waals surface area contributed by atoms with Crippen LogP contribution < -0.4 is 16.4 Å². The summed E-state index contributed by atoms with van der Waals surface area (Å²) in [4.78, 5) is 0. The van der Waals surface area contributed by atoms with Crippen molar-refractivity contribution in [3.8, 4) is 0 Å². The molecule has 3 aromatic rings. The first-order chi connectivity index (χ1) is 13.2. The average Bonchev–Trinajstić information content (AvgIpc) is 2.63. The number of nitrogen functional groups attached to an aromatic ring is 1. The Kier molecular flexibility index (Phi) is 5.37. The fourth-order valence-corrected chi connectivity index (χ4v) is 3.55. The number of hydrogen-bond acceptors (Lipinski definition) is 3. The SMILES string of the molecule is C=C(Nc1cc(C(C)(C)C)cc(N)c1CC)Nc1ccc(C)c2ccccc12. The van der Waals surface area contributed by atoms with Crippen LogP contribution in [-0.4, -0.2) is 0 Å². The molecule has 0 aliphatic heterocycles. The lowest BCUT2D eigenvalue weighted by atomic mass is 9.85. The molecule has 3 aromatic carbocycles. The average molecular weight is 374 g/mol. The first kappa shape index (κ1) is 19.8. The molecule has 0 aromatic heterocycles. The van der Waals surface area contributed by atoms with Gasteiger partial charge in [-0.15, -0.1) is 0 Å². The molecular weight excluding hydrogens is 342 g/mol. The molecule has 0 atom stereocenters. The maximum Gasteiger partial charge on any atom is 0.100 e. The van der Waals surface area contributed by atoms with Gasteiger partial charge in [-0.3, -0.25) is 0 Å². The van der Waals surface area contributed by atoms with Gasteiger partial charge in [-0.2, -0.15) is 0 Å². The van der Waals surface area contributed by atoms with Gasteiger partial charge < -0.3 is 16.4 Å². The van der Waals surface area contributed by atoms with Gasteiger partial charge in [-0.25, -0.2) is 0 Å². The third-order valence-corrected chi connectivity index (χ3v) is 5.22. The fraction of sp³-hybridized carbons (Fsp3) is 0.280. The number of nitrogens with one attached hydrogen (secondary N) is 2. The van der Waals surface area contributed by atoms with Crippen molar-refractivity contribution >= 4 is 27.8 Å². The number of nitrogens with two attached hydrogens (primary N) is 1. The Morgan fingerprint density at radius 2 is 1.61 bits per heavy atom. The Morgan fingerprint density at radius 1 is 0.964 bits per heavy atom. The molecule has 0 amide bonds. The van der Waals surface area contributed by atoms with Gasteiger partial charge in [0.1, 0.15) is 5.82 Å². The third-order valence-electron chi connectivity index (χ3n) is 5.22. The first-order valence-electron chi connectivity index (χ1n) is 9.85. The van der Waals surface area contributed by atoms with Gasteiger partial charge in [0.2, 0.25) is 0 Å². The van der Waals surface area contributed by atoms with Gasteiger partial charge in [0.25, 0.3) is 0 Å². The van der Waals surface area contributed by atoms with Gasteiger partial charge in [0, 0.05) is 22.4 Å². The molecule has 28 heavy (non-hydrogen) atoms. The highest BCUT2D eigenvalue weighted by atomic mass is 15.1. The van der Waals surface area contributed by atoms with Gasteiger partial charge in [-0.1, -0.05) is 64.6 Å². The van der Waals surface area contributed by atoms with E-state index < -0.39 is 0 Å². The number of hydrogen-bond donors (Lipinski definition) is 3. The molecule has 0 saturated carbocycles. The van der Waals surface area contributed by atoms with Crippen LogP contribution in [0.1, 0.15) is 44.4 Å². The van der Waals surface area contributed by atoms with Crippen LogP contribution in [0.25, 0.3) is 10.8 Å². The smallest absolute Gasteiger partial charge is 0.100 e. The standard InChI is InChI=1S/C25H31N3/c1-7-19-22(26)14-18(25(4,5)6)15-24(19)28-17(3)27-23-13-12-16(2)20-10-8-9-11-21(20)23/h8-15,27-28H,3,7,26H2,1-2,4-6H3. The highest BCUT2D eigenvalue weighted by Gasteiger charge is 2.18. The van der Waals surface area contributed by atoms with Crippen molar-refractivity contribution in [1.29, 1.82) is 0 Å². The maximum absolute atomic E-state index is 6.36. The van der Waals surface area contributed by atoms with Crippen molar-refractivity contribution in [2.75, 3.05) is 16.4 Å². The molecular formula is C25H31N3. The lowest BCUT2D eigenvalue weighted by Crippen LogP contribution is -2.15. The molecule has 0 spiro atoms. The van der Waals surface area contributed by atoms with Gasteiger partial charge in [0.15, 0.2) is 0 Å². The quantitative estimate of drug-likeness (QED) is 0.442. The molecule has 0 heterocycles. The summed E-state index contributed by atoms with van der Waals surface area (Å²) in [6, 6.07) is 16.9. The summed E-state index contributed by atoms with van der Waals surface area (Å²) in [6.45, 7) is 15.1. The van der Waals surface area contributed by atoms with Gasteiger partial charge in [0.05, 0.1) is 0 Å². The van der Waals surface area contributed by atoms with E-state index in [4.69, 9.17) is 5.73 Å². The topological polar surface area (TPSA) is 50.1 Å². The van der Waals surface area contributed by atoms with E-state index in [1.54, 1.807) is 0 Å². The maximum atomic E-state index is 6.36. The van der Waals surface area contributed by atoms with Crippen LogP contribution in [0, 0.1) is 6.92 Å². The second-order valence-electron chi connectivity index (χ2n) is 8.40. The van der Waals surface area contributed by atoms with Crippen LogP contribution in [0.15, 0.2) is 60.9 Å². The van der Waals surface area contributed by atoms with Crippen molar-refractivity contribution in [3.63, 3.8) is 0 Å². The molecule has 146 valence electrons. The zero-order chi connectivity index (χ0) is 20.5. The molecule has 0 radical (unpaired) electrons. The zero-order valence-corrected chi connectivity index (χ0v) is 17.6. The summed E-state index contributed by atoms with van der Waals surface area (Å²) >= 11 is 0. The van der Waals surface area contributed by atoms with Crippen molar-refractivity contribution in [2.45, 2.75) is 46.5 Å². The number of anilines is 3. The number of rotatable bonds is 5. The van der Waals surface area contributed by atoms with E-state index in [2.05, 4.69) is 100 Å². The Balaban J connectivity index is 1.92.